The van der Waals surface area contributed by atoms with E-state index in [0.717, 1.165) is 16.9 Å². The minimum atomic E-state index is -0.208. The molecular weight excluding hydrogens is 410 g/mol. The van der Waals surface area contributed by atoms with E-state index in [2.05, 4.69) is 31.1 Å². The van der Waals surface area contributed by atoms with Crippen LogP contribution in [0.2, 0.25) is 5.02 Å². The van der Waals surface area contributed by atoms with Gasteiger partial charge in [-0.15, -0.1) is 0 Å². The molecule has 1 heterocycles. The third-order valence-corrected chi connectivity index (χ3v) is 5.38. The summed E-state index contributed by atoms with van der Waals surface area (Å²) in [6, 6.07) is 16.9. The summed E-state index contributed by atoms with van der Waals surface area (Å²) in [7, 11) is 0. The van der Waals surface area contributed by atoms with E-state index >= 15 is 0 Å². The Morgan fingerprint density at radius 2 is 1.84 bits per heavy atom. The lowest BCUT2D eigenvalue weighted by Gasteiger charge is -2.26. The van der Waals surface area contributed by atoms with Crippen LogP contribution in [0.25, 0.3) is 0 Å². The van der Waals surface area contributed by atoms with Crippen LogP contribution >= 0.6 is 11.6 Å². The minimum Gasteiger partial charge on any atom is -0.395 e. The highest BCUT2D eigenvalue weighted by Crippen LogP contribution is 2.32. The lowest BCUT2D eigenvalue weighted by molar-refractivity contribution is 0.102. The van der Waals surface area contributed by atoms with Gasteiger partial charge in [-0.05, 0) is 59.9 Å². The first-order valence-corrected chi connectivity index (χ1v) is 10.6. The smallest absolute Gasteiger partial charge is 0.255 e. The number of nitrogens with zero attached hydrogens (tertiary/aromatic N) is 2. The Labute approximate surface area is 188 Å². The van der Waals surface area contributed by atoms with E-state index in [0.29, 0.717) is 22.9 Å². The predicted molar refractivity (Wildman–Crippen MR) is 128 cm³/mol. The Hall–Kier alpha value is -2.89. The molecule has 0 aliphatic heterocycles. The SMILES string of the molecule is Cc1ccc(C(=O)Nc2ccc(C(C)(C)C)cc2)cc1N(CCO)c1ncccc1Cl. The number of aryl methyl sites for hydroxylation is 1. The van der Waals surface area contributed by atoms with Gasteiger partial charge in [0.2, 0.25) is 0 Å². The number of nitrogens with one attached hydrogen (secondary N) is 1. The Kier molecular flexibility index (Phi) is 6.98. The molecule has 2 N–H and O–H groups in total. The molecule has 1 aromatic heterocycles. The second-order valence-electron chi connectivity index (χ2n) is 8.47. The number of hydrogen-bond acceptors (Lipinski definition) is 4. The lowest BCUT2D eigenvalue weighted by Crippen LogP contribution is -2.24. The zero-order valence-electron chi connectivity index (χ0n) is 18.3. The van der Waals surface area contributed by atoms with Crippen LogP contribution in [0.5, 0.6) is 0 Å². The zero-order chi connectivity index (χ0) is 22.6. The van der Waals surface area contributed by atoms with Crippen molar-refractivity contribution < 1.29 is 9.90 Å². The van der Waals surface area contributed by atoms with Gasteiger partial charge in [0.25, 0.3) is 5.91 Å². The highest BCUT2D eigenvalue weighted by Gasteiger charge is 2.18. The zero-order valence-corrected chi connectivity index (χ0v) is 19.1. The maximum absolute atomic E-state index is 12.9. The largest absolute Gasteiger partial charge is 0.395 e. The molecule has 5 nitrogen and oxygen atoms in total. The Bertz CT molecular complexity index is 1060. The number of anilines is 3. The summed E-state index contributed by atoms with van der Waals surface area (Å²) in [6.07, 6.45) is 1.65. The summed E-state index contributed by atoms with van der Waals surface area (Å²) in [4.78, 5) is 19.1. The van der Waals surface area contributed by atoms with Gasteiger partial charge in [-0.25, -0.2) is 4.98 Å². The summed E-state index contributed by atoms with van der Waals surface area (Å²) in [5, 5.41) is 13.0. The fraction of sp³-hybridized carbons (Fsp3) is 0.280. The van der Waals surface area contributed by atoms with E-state index in [9.17, 15) is 9.90 Å². The predicted octanol–water partition coefficient (Wildman–Crippen LogP) is 5.72. The van der Waals surface area contributed by atoms with Gasteiger partial charge in [0.15, 0.2) is 5.82 Å². The molecule has 0 bridgehead atoms. The van der Waals surface area contributed by atoms with Crippen LogP contribution in [-0.2, 0) is 5.41 Å². The summed E-state index contributed by atoms with van der Waals surface area (Å²) < 4.78 is 0. The van der Waals surface area contributed by atoms with Gasteiger partial charge in [-0.2, -0.15) is 0 Å². The Morgan fingerprint density at radius 3 is 2.45 bits per heavy atom. The molecule has 0 saturated heterocycles. The Morgan fingerprint density at radius 1 is 1.13 bits per heavy atom. The van der Waals surface area contributed by atoms with Gasteiger partial charge in [0.1, 0.15) is 0 Å². The number of halogens is 1. The van der Waals surface area contributed by atoms with E-state index < -0.39 is 0 Å². The second-order valence-corrected chi connectivity index (χ2v) is 8.87. The molecule has 0 unspecified atom stereocenters. The number of pyridine rings is 1. The third-order valence-electron chi connectivity index (χ3n) is 5.09. The van der Waals surface area contributed by atoms with E-state index in [1.54, 1.807) is 30.5 Å². The molecule has 0 aliphatic rings. The van der Waals surface area contributed by atoms with Crippen LogP contribution in [0.15, 0.2) is 60.8 Å². The van der Waals surface area contributed by atoms with Gasteiger partial charge in [0.05, 0.1) is 11.6 Å². The topological polar surface area (TPSA) is 65.5 Å². The highest BCUT2D eigenvalue weighted by molar-refractivity contribution is 6.33. The van der Waals surface area contributed by atoms with Gasteiger partial charge < -0.3 is 15.3 Å². The first kappa shape index (κ1) is 22.8. The Balaban J connectivity index is 1.89. The molecule has 0 atom stereocenters. The van der Waals surface area contributed by atoms with Crippen molar-refractivity contribution in [2.45, 2.75) is 33.1 Å². The molecular formula is C25H28ClN3O2. The lowest BCUT2D eigenvalue weighted by atomic mass is 9.87. The number of carbonyl (C=O) groups excluding carboxylic acids is 1. The van der Waals surface area contributed by atoms with Crippen molar-refractivity contribution in [1.82, 2.24) is 4.98 Å². The molecule has 0 saturated carbocycles. The van der Waals surface area contributed by atoms with Crippen molar-refractivity contribution in [3.8, 4) is 0 Å². The summed E-state index contributed by atoms with van der Waals surface area (Å²) >= 11 is 6.35. The minimum absolute atomic E-state index is 0.0529. The van der Waals surface area contributed by atoms with Crippen LogP contribution in [0.4, 0.5) is 17.2 Å². The fourth-order valence-electron chi connectivity index (χ4n) is 3.31. The molecule has 2 aromatic carbocycles. The summed E-state index contributed by atoms with van der Waals surface area (Å²) in [5.74, 6) is 0.331. The molecule has 162 valence electrons. The van der Waals surface area contributed by atoms with Gasteiger partial charge in [0, 0.05) is 29.7 Å². The maximum atomic E-state index is 12.9. The standard InChI is InChI=1S/C25H28ClN3O2/c1-17-7-8-18(24(31)28-20-11-9-19(10-12-20)25(2,3)4)16-22(17)29(14-15-30)23-21(26)6-5-13-27-23/h5-13,16,30H,14-15H2,1-4H3,(H,28,31). The molecule has 0 fully saturated rings. The number of hydrogen-bond donors (Lipinski definition) is 2. The van der Waals surface area contributed by atoms with Gasteiger partial charge in [-0.3, -0.25) is 4.79 Å². The number of carbonyl (C=O) groups is 1. The molecule has 1 amide bonds. The monoisotopic (exact) mass is 437 g/mol. The number of aliphatic hydroxyl groups is 1. The van der Waals surface area contributed by atoms with E-state index in [1.165, 1.54) is 5.56 Å². The summed E-state index contributed by atoms with van der Waals surface area (Å²) in [5.41, 5.74) is 4.22. The first-order chi connectivity index (χ1) is 14.7. The molecule has 0 radical (unpaired) electrons. The van der Waals surface area contributed by atoms with E-state index in [1.807, 2.05) is 42.2 Å². The van der Waals surface area contributed by atoms with Crippen LogP contribution in [0, 0.1) is 6.92 Å². The van der Waals surface area contributed by atoms with E-state index in [-0.39, 0.29) is 17.9 Å². The van der Waals surface area contributed by atoms with Crippen LogP contribution in [0.1, 0.15) is 42.3 Å². The van der Waals surface area contributed by atoms with Crippen LogP contribution in [-0.4, -0.2) is 29.1 Å². The van der Waals surface area contributed by atoms with Crippen molar-refractivity contribution in [2.75, 3.05) is 23.4 Å². The maximum Gasteiger partial charge on any atom is 0.255 e. The number of rotatable bonds is 6. The first-order valence-electron chi connectivity index (χ1n) is 10.2. The molecule has 31 heavy (non-hydrogen) atoms. The van der Waals surface area contributed by atoms with Gasteiger partial charge >= 0.3 is 0 Å². The summed E-state index contributed by atoms with van der Waals surface area (Å²) in [6.45, 7) is 8.63. The number of aliphatic hydroxyl groups excluding tert-OH is 1. The average Bonchev–Trinajstić information content (AvgIpc) is 2.73. The quantitative estimate of drug-likeness (QED) is 0.517. The molecule has 0 aliphatic carbocycles. The third kappa shape index (κ3) is 5.43. The van der Waals surface area contributed by atoms with Crippen molar-refractivity contribution >= 4 is 34.7 Å². The normalized spacial score (nSPS) is 11.3. The molecule has 3 aromatic rings. The van der Waals surface area contributed by atoms with Gasteiger partial charge in [-0.1, -0.05) is 50.6 Å². The number of amides is 1. The fourth-order valence-corrected chi connectivity index (χ4v) is 3.54. The van der Waals surface area contributed by atoms with Crippen molar-refractivity contribution in [1.29, 1.82) is 0 Å². The molecule has 6 heteroatoms. The van der Waals surface area contributed by atoms with Crippen LogP contribution < -0.4 is 10.2 Å². The van der Waals surface area contributed by atoms with Crippen molar-refractivity contribution in [3.63, 3.8) is 0 Å². The number of benzene rings is 2. The van der Waals surface area contributed by atoms with Crippen molar-refractivity contribution in [3.05, 3.63) is 82.5 Å². The highest BCUT2D eigenvalue weighted by atomic mass is 35.5. The number of aromatic nitrogens is 1. The van der Waals surface area contributed by atoms with Crippen LogP contribution in [0.3, 0.4) is 0 Å². The molecule has 3 rings (SSSR count). The van der Waals surface area contributed by atoms with E-state index in [4.69, 9.17) is 11.6 Å². The second kappa shape index (κ2) is 9.50. The average molecular weight is 438 g/mol. The molecule has 0 spiro atoms. The van der Waals surface area contributed by atoms with Crippen molar-refractivity contribution in [2.24, 2.45) is 0 Å².